The van der Waals surface area contributed by atoms with Crippen LogP contribution in [0.25, 0.3) is 0 Å². The summed E-state index contributed by atoms with van der Waals surface area (Å²) in [5, 5.41) is 33.4. The molecule has 0 spiro atoms. The third-order valence-electron chi connectivity index (χ3n) is 10.3. The lowest BCUT2D eigenvalue weighted by atomic mass is 10.0. The number of rotatable bonds is 40. The van der Waals surface area contributed by atoms with Gasteiger partial charge in [0.05, 0.1) is 18.8 Å². The summed E-state index contributed by atoms with van der Waals surface area (Å²) in [6.45, 7) is 4.16. The molecule has 0 aromatic carbocycles. The van der Waals surface area contributed by atoms with Gasteiger partial charge in [0.15, 0.2) is 0 Å². The van der Waals surface area contributed by atoms with E-state index in [4.69, 9.17) is 0 Å². The second kappa shape index (κ2) is 40.6. The van der Waals surface area contributed by atoms with E-state index in [1.807, 2.05) is 0 Å². The molecule has 0 saturated carbocycles. The van der Waals surface area contributed by atoms with Crippen molar-refractivity contribution in [1.82, 2.24) is 5.32 Å². The van der Waals surface area contributed by atoms with Crippen LogP contribution in [0.15, 0.2) is 24.3 Å². The molecule has 0 fully saturated rings. The number of nitrogens with one attached hydrogen (secondary N) is 1. The van der Waals surface area contributed by atoms with Gasteiger partial charge in [-0.15, -0.1) is 0 Å². The summed E-state index contributed by atoms with van der Waals surface area (Å²) in [4.78, 5) is 12.4. The maximum Gasteiger partial charge on any atom is 0.220 e. The van der Waals surface area contributed by atoms with Crippen molar-refractivity contribution in [3.63, 3.8) is 0 Å². The molecule has 3 unspecified atom stereocenters. The number of carbonyl (C=O) groups is 1. The quantitative estimate of drug-likeness (QED) is 0.0377. The van der Waals surface area contributed by atoms with Crippen molar-refractivity contribution in [3.8, 4) is 0 Å². The van der Waals surface area contributed by atoms with Crippen molar-refractivity contribution >= 4 is 5.91 Å². The molecule has 0 bridgehead atoms. The topological polar surface area (TPSA) is 89.8 Å². The van der Waals surface area contributed by atoms with Crippen LogP contribution in [0.4, 0.5) is 0 Å². The second-order valence-corrected chi connectivity index (χ2v) is 15.2. The predicted octanol–water partition coefficient (Wildman–Crippen LogP) is 12.6. The zero-order valence-corrected chi connectivity index (χ0v) is 33.5. The van der Waals surface area contributed by atoms with Crippen molar-refractivity contribution < 1.29 is 20.1 Å². The Morgan fingerprint density at radius 1 is 0.480 bits per heavy atom. The van der Waals surface area contributed by atoms with Gasteiger partial charge in [-0.2, -0.15) is 0 Å². The molecular formula is C45H87NO4. The zero-order valence-electron chi connectivity index (χ0n) is 33.5. The highest BCUT2D eigenvalue weighted by molar-refractivity contribution is 5.76. The number of aliphatic hydroxyl groups excluding tert-OH is 3. The molecule has 50 heavy (non-hydrogen) atoms. The Bertz CT molecular complexity index is 739. The summed E-state index contributed by atoms with van der Waals surface area (Å²) in [6, 6.07) is -0.824. The Hall–Kier alpha value is -1.17. The minimum Gasteiger partial charge on any atom is -0.394 e. The standard InChI is InChI=1S/C45H87NO4/c1-3-5-7-9-11-13-15-17-18-19-20-21-22-23-24-25-26-27-28-30-32-34-36-38-40-44(49)46-42(41-47)45(50)43(48)39-37-35-33-31-29-16-14-12-10-8-6-4-2/h23-24,31,33,42-43,45,47-48,50H,3-22,25-30,32,34-41H2,1-2H3,(H,46,49)/b24-23-,33-31+. The molecular weight excluding hydrogens is 618 g/mol. The SMILES string of the molecule is CCCCCCCCC/C=C/CCCC(O)C(O)C(CO)NC(=O)CCCCCCCCCC/C=C\CCCCCCCCCCCCCC. The van der Waals surface area contributed by atoms with E-state index < -0.39 is 18.2 Å². The van der Waals surface area contributed by atoms with Gasteiger partial charge in [-0.25, -0.2) is 0 Å². The van der Waals surface area contributed by atoms with E-state index >= 15 is 0 Å². The monoisotopic (exact) mass is 706 g/mol. The molecule has 0 rings (SSSR count). The van der Waals surface area contributed by atoms with E-state index in [1.165, 1.54) is 167 Å². The minimum atomic E-state index is -1.16. The summed E-state index contributed by atoms with van der Waals surface area (Å²) < 4.78 is 0. The van der Waals surface area contributed by atoms with Crippen LogP contribution in [0, 0.1) is 0 Å². The molecule has 0 aromatic rings. The van der Waals surface area contributed by atoms with E-state index in [2.05, 4.69) is 43.5 Å². The first-order valence-electron chi connectivity index (χ1n) is 22.1. The maximum atomic E-state index is 12.4. The summed E-state index contributed by atoms with van der Waals surface area (Å²) in [5.74, 6) is -0.157. The van der Waals surface area contributed by atoms with Crippen LogP contribution in [0.3, 0.4) is 0 Å². The van der Waals surface area contributed by atoms with Crippen LogP contribution in [0.1, 0.15) is 232 Å². The minimum absolute atomic E-state index is 0.157. The largest absolute Gasteiger partial charge is 0.394 e. The average molecular weight is 706 g/mol. The molecule has 0 aliphatic heterocycles. The lowest BCUT2D eigenvalue weighted by Gasteiger charge is -2.26. The summed E-state index contributed by atoms with van der Waals surface area (Å²) in [5.41, 5.74) is 0. The lowest BCUT2D eigenvalue weighted by Crippen LogP contribution is -2.50. The Kier molecular flexibility index (Phi) is 39.6. The van der Waals surface area contributed by atoms with Crippen LogP contribution in [0.5, 0.6) is 0 Å². The van der Waals surface area contributed by atoms with E-state index in [-0.39, 0.29) is 12.5 Å². The number of amides is 1. The third-order valence-corrected chi connectivity index (χ3v) is 10.3. The molecule has 296 valence electrons. The number of aliphatic hydroxyl groups is 3. The molecule has 0 heterocycles. The van der Waals surface area contributed by atoms with Gasteiger partial charge in [-0.3, -0.25) is 4.79 Å². The molecule has 0 saturated heterocycles. The van der Waals surface area contributed by atoms with E-state index in [0.29, 0.717) is 12.8 Å². The van der Waals surface area contributed by atoms with Gasteiger partial charge in [0, 0.05) is 6.42 Å². The van der Waals surface area contributed by atoms with Crippen LogP contribution in [-0.2, 0) is 4.79 Å². The number of hydrogen-bond acceptors (Lipinski definition) is 4. The van der Waals surface area contributed by atoms with Gasteiger partial charge in [0.2, 0.25) is 5.91 Å². The first kappa shape index (κ1) is 48.8. The molecule has 4 N–H and O–H groups in total. The van der Waals surface area contributed by atoms with E-state index in [0.717, 1.165) is 38.5 Å². The van der Waals surface area contributed by atoms with Crippen LogP contribution in [0.2, 0.25) is 0 Å². The van der Waals surface area contributed by atoms with Crippen LogP contribution >= 0.6 is 0 Å². The molecule has 0 aromatic heterocycles. The molecule has 3 atom stereocenters. The highest BCUT2D eigenvalue weighted by Crippen LogP contribution is 2.15. The molecule has 5 heteroatoms. The van der Waals surface area contributed by atoms with Crippen molar-refractivity contribution in [2.45, 2.75) is 250 Å². The fourth-order valence-electron chi connectivity index (χ4n) is 6.80. The van der Waals surface area contributed by atoms with Gasteiger partial charge in [-0.05, 0) is 64.2 Å². The Morgan fingerprint density at radius 3 is 1.16 bits per heavy atom. The van der Waals surface area contributed by atoms with Gasteiger partial charge in [0.1, 0.15) is 6.10 Å². The molecule has 0 radical (unpaired) electrons. The smallest absolute Gasteiger partial charge is 0.220 e. The van der Waals surface area contributed by atoms with Gasteiger partial charge < -0.3 is 20.6 Å². The first-order valence-corrected chi connectivity index (χ1v) is 22.1. The van der Waals surface area contributed by atoms with Gasteiger partial charge >= 0.3 is 0 Å². The average Bonchev–Trinajstić information content (AvgIpc) is 3.12. The normalized spacial score (nSPS) is 13.8. The van der Waals surface area contributed by atoms with Crippen molar-refractivity contribution in [1.29, 1.82) is 0 Å². The molecule has 1 amide bonds. The van der Waals surface area contributed by atoms with Crippen LogP contribution < -0.4 is 5.32 Å². The highest BCUT2D eigenvalue weighted by atomic mass is 16.3. The number of hydrogen-bond donors (Lipinski definition) is 4. The first-order chi connectivity index (χ1) is 24.6. The summed E-state index contributed by atoms with van der Waals surface area (Å²) >= 11 is 0. The van der Waals surface area contributed by atoms with Crippen molar-refractivity contribution in [2.75, 3.05) is 6.61 Å². The van der Waals surface area contributed by atoms with Crippen LogP contribution in [-0.4, -0.2) is 46.1 Å². The van der Waals surface area contributed by atoms with Crippen molar-refractivity contribution in [3.05, 3.63) is 24.3 Å². The fraction of sp³-hybridized carbons (Fsp3) is 0.889. The van der Waals surface area contributed by atoms with E-state index in [1.54, 1.807) is 0 Å². The number of unbranched alkanes of at least 4 members (excludes halogenated alkanes) is 28. The fourth-order valence-corrected chi connectivity index (χ4v) is 6.80. The predicted molar refractivity (Wildman–Crippen MR) is 218 cm³/mol. The highest BCUT2D eigenvalue weighted by Gasteiger charge is 2.26. The molecule has 0 aliphatic carbocycles. The van der Waals surface area contributed by atoms with E-state index in [9.17, 15) is 20.1 Å². The zero-order chi connectivity index (χ0) is 36.6. The van der Waals surface area contributed by atoms with Gasteiger partial charge in [-0.1, -0.05) is 186 Å². The summed E-state index contributed by atoms with van der Waals surface area (Å²) in [7, 11) is 0. The maximum absolute atomic E-state index is 12.4. The number of allylic oxidation sites excluding steroid dienone is 4. The lowest BCUT2D eigenvalue weighted by molar-refractivity contribution is -0.124. The Labute approximate surface area is 312 Å². The Balaban J connectivity index is 3.61. The Morgan fingerprint density at radius 2 is 0.800 bits per heavy atom. The molecule has 0 aliphatic rings. The second-order valence-electron chi connectivity index (χ2n) is 15.2. The summed E-state index contributed by atoms with van der Waals surface area (Å²) in [6.07, 6.45) is 48.7. The number of carbonyl (C=O) groups excluding carboxylic acids is 1. The van der Waals surface area contributed by atoms with Crippen molar-refractivity contribution in [2.24, 2.45) is 0 Å². The van der Waals surface area contributed by atoms with Gasteiger partial charge in [0.25, 0.3) is 0 Å². The molecule has 5 nitrogen and oxygen atoms in total. The third kappa shape index (κ3) is 35.2.